The zero-order valence-corrected chi connectivity index (χ0v) is 14.9. The highest BCUT2D eigenvalue weighted by Crippen LogP contribution is 2.29. The lowest BCUT2D eigenvalue weighted by molar-refractivity contribution is 0.205. The van der Waals surface area contributed by atoms with E-state index in [4.69, 9.17) is 9.72 Å². The van der Waals surface area contributed by atoms with E-state index < -0.39 is 0 Å². The third-order valence-corrected chi connectivity index (χ3v) is 4.22. The Hall–Kier alpha value is -2.82. The van der Waals surface area contributed by atoms with Crippen LogP contribution in [0.15, 0.2) is 48.7 Å². The molecular weight excluding hydrogens is 314 g/mol. The van der Waals surface area contributed by atoms with Crippen LogP contribution >= 0.6 is 0 Å². The van der Waals surface area contributed by atoms with Gasteiger partial charge in [0.15, 0.2) is 0 Å². The first-order valence-electron chi connectivity index (χ1n) is 8.68. The molecule has 5 heteroatoms. The lowest BCUT2D eigenvalue weighted by Crippen LogP contribution is -2.34. The van der Waals surface area contributed by atoms with E-state index in [-0.39, 0.29) is 6.03 Å². The second-order valence-corrected chi connectivity index (χ2v) is 5.71. The van der Waals surface area contributed by atoms with Gasteiger partial charge in [0.1, 0.15) is 11.6 Å². The van der Waals surface area contributed by atoms with Crippen molar-refractivity contribution in [3.05, 3.63) is 48.7 Å². The number of nitrogens with zero attached hydrogens (tertiary/aromatic N) is 3. The van der Waals surface area contributed by atoms with Gasteiger partial charge >= 0.3 is 6.03 Å². The second-order valence-electron chi connectivity index (χ2n) is 5.71. The Kier molecular flexibility index (Phi) is 5.03. The van der Waals surface area contributed by atoms with Gasteiger partial charge in [-0.25, -0.2) is 9.78 Å². The van der Waals surface area contributed by atoms with Crippen molar-refractivity contribution in [2.45, 2.75) is 20.8 Å². The Bertz CT molecular complexity index is 819. The molecule has 2 aliphatic heterocycles. The molecule has 0 saturated heterocycles. The molecule has 25 heavy (non-hydrogen) atoms. The van der Waals surface area contributed by atoms with Crippen LogP contribution in [-0.4, -0.2) is 40.2 Å². The number of fused-ring (bicyclic) bond motifs is 1. The Morgan fingerprint density at radius 3 is 2.44 bits per heavy atom. The molecule has 0 radical (unpaired) electrons. The largest absolute Gasteiger partial charge is 0.494 e. The SMILES string of the molecule is CCOc1ccc(-c2cc3cccn(C(=O)N(CC)CC)c-3n2)cc1. The van der Waals surface area contributed by atoms with Crippen molar-refractivity contribution in [3.63, 3.8) is 0 Å². The standard InChI is InChI=1S/C20H23N3O2/c1-4-22(5-2)20(24)23-13-7-8-16-14-18(21-19(16)23)15-9-11-17(12-10-15)25-6-3/h7-14H,4-6H2,1-3H3. The van der Waals surface area contributed by atoms with Crippen LogP contribution in [0, 0.1) is 0 Å². The number of amides is 1. The highest BCUT2D eigenvalue weighted by atomic mass is 16.5. The minimum absolute atomic E-state index is 0.0491. The fraction of sp³-hybridized carbons (Fsp3) is 0.300. The number of rotatable bonds is 5. The maximum atomic E-state index is 12.7. The average Bonchev–Trinajstić information content (AvgIpc) is 3.07. The molecule has 0 fully saturated rings. The molecule has 0 spiro atoms. The fourth-order valence-corrected chi connectivity index (χ4v) is 2.88. The molecule has 1 aromatic carbocycles. The molecular formula is C20H23N3O2. The van der Waals surface area contributed by atoms with E-state index in [9.17, 15) is 4.79 Å². The van der Waals surface area contributed by atoms with Gasteiger partial charge in [0.25, 0.3) is 0 Å². The number of carbonyl (C=O) groups excluding carboxylic acids is 1. The summed E-state index contributed by atoms with van der Waals surface area (Å²) in [6.45, 7) is 7.91. The monoisotopic (exact) mass is 337 g/mol. The Morgan fingerprint density at radius 1 is 1.08 bits per heavy atom. The lowest BCUT2D eigenvalue weighted by atomic mass is 10.1. The van der Waals surface area contributed by atoms with Crippen LogP contribution in [-0.2, 0) is 0 Å². The van der Waals surface area contributed by atoms with Crippen molar-refractivity contribution in [1.29, 1.82) is 0 Å². The summed E-state index contributed by atoms with van der Waals surface area (Å²) < 4.78 is 7.11. The third-order valence-electron chi connectivity index (χ3n) is 4.22. The number of carbonyl (C=O) groups is 1. The normalized spacial score (nSPS) is 10.8. The smallest absolute Gasteiger partial charge is 0.329 e. The van der Waals surface area contributed by atoms with Gasteiger partial charge in [-0.2, -0.15) is 0 Å². The van der Waals surface area contributed by atoms with E-state index in [1.165, 1.54) is 0 Å². The molecule has 0 N–H and O–H groups in total. The van der Waals surface area contributed by atoms with Crippen LogP contribution in [0.4, 0.5) is 4.79 Å². The summed E-state index contributed by atoms with van der Waals surface area (Å²) in [5.74, 6) is 1.53. The Labute approximate surface area is 148 Å². The van der Waals surface area contributed by atoms with Crippen molar-refractivity contribution in [3.8, 4) is 28.4 Å². The number of hydrogen-bond acceptors (Lipinski definition) is 3. The van der Waals surface area contributed by atoms with Crippen LogP contribution in [0.1, 0.15) is 20.8 Å². The molecule has 0 atom stereocenters. The predicted molar refractivity (Wildman–Crippen MR) is 99.2 cm³/mol. The van der Waals surface area contributed by atoms with E-state index >= 15 is 0 Å². The number of aromatic nitrogens is 2. The minimum Gasteiger partial charge on any atom is -0.494 e. The molecule has 1 amide bonds. The quantitative estimate of drug-likeness (QED) is 0.695. The predicted octanol–water partition coefficient (Wildman–Crippen LogP) is 4.36. The molecule has 5 nitrogen and oxygen atoms in total. The van der Waals surface area contributed by atoms with Crippen molar-refractivity contribution in [2.24, 2.45) is 0 Å². The molecule has 1 aromatic rings. The molecule has 0 bridgehead atoms. The summed E-state index contributed by atoms with van der Waals surface area (Å²) in [6.07, 6.45) is 1.78. The van der Waals surface area contributed by atoms with E-state index in [0.29, 0.717) is 25.5 Å². The highest BCUT2D eigenvalue weighted by molar-refractivity contribution is 5.83. The average molecular weight is 337 g/mol. The van der Waals surface area contributed by atoms with Gasteiger partial charge in [0.05, 0.1) is 12.3 Å². The Morgan fingerprint density at radius 2 is 1.80 bits per heavy atom. The maximum Gasteiger partial charge on any atom is 0.329 e. The van der Waals surface area contributed by atoms with Gasteiger partial charge in [-0.1, -0.05) is 0 Å². The van der Waals surface area contributed by atoms with E-state index in [1.54, 1.807) is 15.7 Å². The van der Waals surface area contributed by atoms with Crippen molar-refractivity contribution < 1.29 is 9.53 Å². The first-order valence-corrected chi connectivity index (χ1v) is 8.68. The van der Waals surface area contributed by atoms with Crippen molar-refractivity contribution in [2.75, 3.05) is 19.7 Å². The summed E-state index contributed by atoms with van der Waals surface area (Å²) in [5, 5.41) is 0. The lowest BCUT2D eigenvalue weighted by Gasteiger charge is -2.21. The van der Waals surface area contributed by atoms with Gasteiger partial charge in [-0.05, 0) is 63.2 Å². The third kappa shape index (κ3) is 3.36. The Balaban J connectivity index is 1.98. The minimum atomic E-state index is -0.0491. The van der Waals surface area contributed by atoms with Crippen molar-refractivity contribution in [1.82, 2.24) is 14.5 Å². The maximum absolute atomic E-state index is 12.7. The number of benzene rings is 1. The molecule has 2 aliphatic rings. The van der Waals surface area contributed by atoms with E-state index in [0.717, 1.165) is 22.6 Å². The molecule has 0 aliphatic carbocycles. The molecule has 0 aromatic heterocycles. The summed E-state index contributed by atoms with van der Waals surface area (Å²) in [6, 6.07) is 13.7. The summed E-state index contributed by atoms with van der Waals surface area (Å²) in [4.78, 5) is 19.2. The first kappa shape index (κ1) is 17.0. The summed E-state index contributed by atoms with van der Waals surface area (Å²) in [7, 11) is 0. The van der Waals surface area contributed by atoms with Crippen LogP contribution in [0.2, 0.25) is 0 Å². The van der Waals surface area contributed by atoms with Gasteiger partial charge in [0.2, 0.25) is 0 Å². The van der Waals surface area contributed by atoms with Gasteiger partial charge in [-0.15, -0.1) is 0 Å². The van der Waals surface area contributed by atoms with Crippen LogP contribution in [0.25, 0.3) is 22.6 Å². The zero-order valence-electron chi connectivity index (χ0n) is 14.9. The van der Waals surface area contributed by atoms with E-state index in [2.05, 4.69) is 0 Å². The summed E-state index contributed by atoms with van der Waals surface area (Å²) in [5.41, 5.74) is 2.80. The molecule has 130 valence electrons. The van der Waals surface area contributed by atoms with Crippen LogP contribution in [0.5, 0.6) is 5.75 Å². The fourth-order valence-electron chi connectivity index (χ4n) is 2.88. The highest BCUT2D eigenvalue weighted by Gasteiger charge is 2.19. The topological polar surface area (TPSA) is 47.4 Å². The summed E-state index contributed by atoms with van der Waals surface area (Å²) >= 11 is 0. The molecule has 3 rings (SSSR count). The van der Waals surface area contributed by atoms with E-state index in [1.807, 2.05) is 63.2 Å². The van der Waals surface area contributed by atoms with Crippen molar-refractivity contribution >= 4 is 6.03 Å². The molecule has 0 saturated carbocycles. The number of pyridine rings is 1. The first-order chi connectivity index (χ1) is 12.2. The van der Waals surface area contributed by atoms with Gasteiger partial charge in [-0.3, -0.25) is 4.57 Å². The number of hydrogen-bond donors (Lipinski definition) is 0. The number of ether oxygens (including phenoxy) is 1. The second kappa shape index (κ2) is 7.38. The molecule has 2 heterocycles. The molecule has 0 unspecified atom stereocenters. The zero-order chi connectivity index (χ0) is 17.8. The van der Waals surface area contributed by atoms with Gasteiger partial charge < -0.3 is 9.64 Å². The van der Waals surface area contributed by atoms with Gasteiger partial charge in [0, 0.05) is 30.4 Å². The van der Waals surface area contributed by atoms with Crippen LogP contribution < -0.4 is 4.74 Å². The van der Waals surface area contributed by atoms with Crippen LogP contribution in [0.3, 0.4) is 0 Å².